The van der Waals surface area contributed by atoms with Gasteiger partial charge in [0.15, 0.2) is 0 Å². The highest BCUT2D eigenvalue weighted by atomic mass is 16.5. The monoisotopic (exact) mass is 258 g/mol. The van der Waals surface area contributed by atoms with Gasteiger partial charge in [0, 0.05) is 18.1 Å². The van der Waals surface area contributed by atoms with Gasteiger partial charge in [-0.3, -0.25) is 16.3 Å². The predicted molar refractivity (Wildman–Crippen MR) is 75.4 cm³/mol. The largest absolute Gasteiger partial charge is 0.497 e. The Hall–Kier alpha value is -2.11. The Morgan fingerprint density at radius 1 is 1.37 bits per heavy atom. The molecule has 0 amide bonds. The normalized spacial score (nSPS) is 12.1. The molecule has 1 heterocycles. The fourth-order valence-electron chi connectivity index (χ4n) is 1.96. The van der Waals surface area contributed by atoms with Gasteiger partial charge in [-0.15, -0.1) is 0 Å². The van der Waals surface area contributed by atoms with Gasteiger partial charge >= 0.3 is 0 Å². The third-order valence-corrected chi connectivity index (χ3v) is 3.06. The number of hydrazine groups is 1. The number of pyridine rings is 1. The molecule has 0 aliphatic heterocycles. The molecule has 0 spiro atoms. The van der Waals surface area contributed by atoms with E-state index in [1.165, 1.54) is 0 Å². The second-order valence-corrected chi connectivity index (χ2v) is 4.27. The number of hydrogen-bond acceptors (Lipinski definition) is 5. The fourth-order valence-corrected chi connectivity index (χ4v) is 1.96. The van der Waals surface area contributed by atoms with Gasteiger partial charge < -0.3 is 10.5 Å². The van der Waals surface area contributed by atoms with Crippen LogP contribution in [-0.2, 0) is 6.42 Å². The maximum absolute atomic E-state index is 5.92. The summed E-state index contributed by atoms with van der Waals surface area (Å²) in [5.41, 5.74) is 11.5. The summed E-state index contributed by atoms with van der Waals surface area (Å²) in [6.07, 6.45) is 4.11. The van der Waals surface area contributed by atoms with Crippen LogP contribution in [0.15, 0.2) is 42.7 Å². The Labute approximate surface area is 112 Å². The minimum atomic E-state index is -0.0402. The van der Waals surface area contributed by atoms with Crippen molar-refractivity contribution in [2.75, 3.05) is 12.8 Å². The van der Waals surface area contributed by atoms with Crippen molar-refractivity contribution < 1.29 is 4.74 Å². The molecule has 5 heteroatoms. The van der Waals surface area contributed by atoms with Crippen LogP contribution in [0.5, 0.6) is 5.75 Å². The van der Waals surface area contributed by atoms with E-state index in [0.717, 1.165) is 22.6 Å². The summed E-state index contributed by atoms with van der Waals surface area (Å²) in [5.74, 6) is 6.44. The average Bonchev–Trinajstić information content (AvgIpc) is 2.46. The molecule has 2 rings (SSSR count). The Morgan fingerprint density at radius 3 is 2.89 bits per heavy atom. The molecule has 2 aromatic rings. The van der Waals surface area contributed by atoms with Gasteiger partial charge in [0.05, 0.1) is 13.2 Å². The number of nitrogen functional groups attached to an aromatic ring is 1. The van der Waals surface area contributed by atoms with E-state index >= 15 is 0 Å². The van der Waals surface area contributed by atoms with E-state index in [4.69, 9.17) is 16.3 Å². The average molecular weight is 258 g/mol. The second kappa shape index (κ2) is 6.17. The van der Waals surface area contributed by atoms with Crippen molar-refractivity contribution in [3.05, 3.63) is 53.9 Å². The van der Waals surface area contributed by atoms with Crippen LogP contribution in [0.3, 0.4) is 0 Å². The van der Waals surface area contributed by atoms with Gasteiger partial charge in [-0.1, -0.05) is 12.1 Å². The summed E-state index contributed by atoms with van der Waals surface area (Å²) < 4.78 is 5.22. The van der Waals surface area contributed by atoms with E-state index in [9.17, 15) is 0 Å². The zero-order valence-corrected chi connectivity index (χ0v) is 10.8. The highest BCUT2D eigenvalue weighted by Gasteiger charge is 2.13. The fraction of sp³-hybridized carbons (Fsp3) is 0.214. The molecule has 0 saturated heterocycles. The lowest BCUT2D eigenvalue weighted by Gasteiger charge is -2.17. The summed E-state index contributed by atoms with van der Waals surface area (Å²) >= 11 is 0. The Morgan fingerprint density at radius 2 is 2.21 bits per heavy atom. The number of aromatic nitrogens is 1. The van der Waals surface area contributed by atoms with Crippen LogP contribution in [0.4, 0.5) is 5.69 Å². The van der Waals surface area contributed by atoms with Gasteiger partial charge in [-0.2, -0.15) is 0 Å². The molecule has 1 atom stereocenters. The molecular weight excluding hydrogens is 240 g/mol. The van der Waals surface area contributed by atoms with Crippen LogP contribution >= 0.6 is 0 Å². The Kier molecular flexibility index (Phi) is 4.33. The molecule has 0 saturated carbocycles. The highest BCUT2D eigenvalue weighted by molar-refractivity contribution is 5.45. The lowest BCUT2D eigenvalue weighted by Crippen LogP contribution is -2.29. The molecule has 0 aliphatic rings. The van der Waals surface area contributed by atoms with Gasteiger partial charge in [-0.05, 0) is 35.7 Å². The third kappa shape index (κ3) is 3.21. The molecule has 5 nitrogen and oxygen atoms in total. The minimum absolute atomic E-state index is 0.0402. The minimum Gasteiger partial charge on any atom is -0.497 e. The lowest BCUT2D eigenvalue weighted by atomic mass is 9.99. The van der Waals surface area contributed by atoms with Crippen molar-refractivity contribution in [3.8, 4) is 5.75 Å². The van der Waals surface area contributed by atoms with Gasteiger partial charge in [0.25, 0.3) is 0 Å². The summed E-state index contributed by atoms with van der Waals surface area (Å²) in [6, 6.07) is 9.54. The summed E-state index contributed by atoms with van der Waals surface area (Å²) in [6.45, 7) is 0. The van der Waals surface area contributed by atoms with Gasteiger partial charge in [0.2, 0.25) is 0 Å². The van der Waals surface area contributed by atoms with Gasteiger partial charge in [0.1, 0.15) is 5.75 Å². The molecule has 0 bridgehead atoms. The van der Waals surface area contributed by atoms with Crippen molar-refractivity contribution >= 4 is 5.69 Å². The summed E-state index contributed by atoms with van der Waals surface area (Å²) in [7, 11) is 1.64. The van der Waals surface area contributed by atoms with Crippen LogP contribution in [0.1, 0.15) is 17.2 Å². The van der Waals surface area contributed by atoms with Crippen molar-refractivity contribution in [3.63, 3.8) is 0 Å². The number of anilines is 1. The molecule has 100 valence electrons. The van der Waals surface area contributed by atoms with Crippen LogP contribution in [0.2, 0.25) is 0 Å². The van der Waals surface area contributed by atoms with E-state index in [2.05, 4.69) is 10.4 Å². The first-order valence-electron chi connectivity index (χ1n) is 6.03. The van der Waals surface area contributed by atoms with E-state index in [1.54, 1.807) is 25.6 Å². The lowest BCUT2D eigenvalue weighted by molar-refractivity contribution is 0.413. The number of nitrogens with one attached hydrogen (secondary N) is 1. The van der Waals surface area contributed by atoms with E-state index in [-0.39, 0.29) is 6.04 Å². The molecule has 19 heavy (non-hydrogen) atoms. The number of nitrogens with two attached hydrogens (primary N) is 2. The smallest absolute Gasteiger partial charge is 0.119 e. The Balaban J connectivity index is 2.22. The molecule has 1 unspecified atom stereocenters. The molecular formula is C14H18N4O. The topological polar surface area (TPSA) is 86.2 Å². The van der Waals surface area contributed by atoms with Crippen molar-refractivity contribution in [2.24, 2.45) is 5.84 Å². The standard InChI is InChI=1S/C14H18N4O/c1-19-12-4-2-3-10(7-12)14(18-16)8-11-9-17-6-5-13(11)15/h2-7,9,14,18H,8,16H2,1H3,(H2,15,17). The molecule has 5 N–H and O–H groups in total. The van der Waals surface area contributed by atoms with Crippen LogP contribution in [0.25, 0.3) is 0 Å². The van der Waals surface area contributed by atoms with Crippen LogP contribution in [0, 0.1) is 0 Å². The molecule has 0 aliphatic carbocycles. The van der Waals surface area contributed by atoms with Gasteiger partial charge in [-0.25, -0.2) is 0 Å². The van der Waals surface area contributed by atoms with Crippen LogP contribution < -0.4 is 21.7 Å². The van der Waals surface area contributed by atoms with Crippen LogP contribution in [-0.4, -0.2) is 12.1 Å². The zero-order valence-electron chi connectivity index (χ0n) is 10.8. The number of benzene rings is 1. The predicted octanol–water partition coefficient (Wildman–Crippen LogP) is 1.42. The van der Waals surface area contributed by atoms with Crippen molar-refractivity contribution in [2.45, 2.75) is 12.5 Å². The highest BCUT2D eigenvalue weighted by Crippen LogP contribution is 2.23. The van der Waals surface area contributed by atoms with E-state index in [0.29, 0.717) is 6.42 Å². The van der Waals surface area contributed by atoms with E-state index in [1.807, 2.05) is 24.3 Å². The first-order chi connectivity index (χ1) is 9.24. The van der Waals surface area contributed by atoms with E-state index < -0.39 is 0 Å². The third-order valence-electron chi connectivity index (χ3n) is 3.06. The summed E-state index contributed by atoms with van der Waals surface area (Å²) in [5, 5.41) is 0. The molecule has 0 radical (unpaired) electrons. The quantitative estimate of drug-likeness (QED) is 0.558. The zero-order chi connectivity index (χ0) is 13.7. The molecule has 1 aromatic heterocycles. The number of ether oxygens (including phenoxy) is 1. The number of rotatable bonds is 5. The Bertz CT molecular complexity index is 544. The SMILES string of the molecule is COc1cccc(C(Cc2cnccc2N)NN)c1. The summed E-state index contributed by atoms with van der Waals surface area (Å²) in [4.78, 5) is 4.09. The first-order valence-corrected chi connectivity index (χ1v) is 6.03. The van der Waals surface area contributed by atoms with Crippen molar-refractivity contribution in [1.82, 2.24) is 10.4 Å². The maximum atomic E-state index is 5.92. The van der Waals surface area contributed by atoms with Crippen molar-refractivity contribution in [1.29, 1.82) is 0 Å². The number of nitrogens with zero attached hydrogens (tertiary/aromatic N) is 1. The maximum Gasteiger partial charge on any atom is 0.119 e. The molecule has 1 aromatic carbocycles. The first kappa shape index (κ1) is 13.3. The number of methoxy groups -OCH3 is 1. The molecule has 0 fully saturated rings. The number of hydrogen-bond donors (Lipinski definition) is 3. The second-order valence-electron chi connectivity index (χ2n) is 4.27.